The molecule has 2 saturated heterocycles. The fourth-order valence-electron chi connectivity index (χ4n) is 8.74. The van der Waals surface area contributed by atoms with Gasteiger partial charge in [-0.3, -0.25) is 14.5 Å². The van der Waals surface area contributed by atoms with Crippen LogP contribution in [0.3, 0.4) is 0 Å². The highest BCUT2D eigenvalue weighted by molar-refractivity contribution is 7.17. The molecule has 2 aliphatic heterocycles. The van der Waals surface area contributed by atoms with Crippen molar-refractivity contribution in [1.82, 2.24) is 14.7 Å². The molecule has 1 aromatic heterocycles. The summed E-state index contributed by atoms with van der Waals surface area (Å²) in [5.74, 6) is -2.95. The van der Waals surface area contributed by atoms with Crippen LogP contribution in [0.4, 0.5) is 24.3 Å². The lowest BCUT2D eigenvalue weighted by Gasteiger charge is -2.43. The first-order chi connectivity index (χ1) is 29.6. The van der Waals surface area contributed by atoms with Crippen molar-refractivity contribution in [2.45, 2.75) is 70.0 Å². The number of esters is 1. The predicted molar refractivity (Wildman–Crippen MR) is 230 cm³/mol. The summed E-state index contributed by atoms with van der Waals surface area (Å²) in [5, 5.41) is 6.11. The zero-order chi connectivity index (χ0) is 43.0. The average molecular weight is 858 g/mol. The minimum absolute atomic E-state index is 0.0227. The van der Waals surface area contributed by atoms with E-state index < -0.39 is 23.5 Å². The van der Waals surface area contributed by atoms with E-state index in [1.54, 1.807) is 44.6 Å². The van der Waals surface area contributed by atoms with E-state index in [9.17, 15) is 19.2 Å². The van der Waals surface area contributed by atoms with E-state index in [1.165, 1.54) is 18.4 Å². The van der Waals surface area contributed by atoms with Gasteiger partial charge in [0.15, 0.2) is 0 Å². The molecule has 0 radical (unpaired) electrons. The van der Waals surface area contributed by atoms with Crippen molar-refractivity contribution in [3.63, 3.8) is 0 Å². The lowest BCUT2D eigenvalue weighted by molar-refractivity contribution is 0.0539. The molecule has 4 aromatic rings. The Kier molecular flexibility index (Phi) is 14.5. The number of methoxy groups -OCH3 is 3. The van der Waals surface area contributed by atoms with E-state index in [1.807, 2.05) is 28.0 Å². The van der Waals surface area contributed by atoms with Gasteiger partial charge in [0.1, 0.15) is 16.6 Å². The van der Waals surface area contributed by atoms with Gasteiger partial charge >= 0.3 is 12.0 Å². The Bertz CT molecular complexity index is 2190. The summed E-state index contributed by atoms with van der Waals surface area (Å²) in [6.45, 7) is 3.98. The Morgan fingerprint density at radius 2 is 1.46 bits per heavy atom. The van der Waals surface area contributed by atoms with E-state index in [0.29, 0.717) is 67.4 Å². The number of ether oxygens (including phenoxy) is 3. The molecule has 2 bridgehead atoms. The van der Waals surface area contributed by atoms with E-state index >= 15 is 8.78 Å². The number of amides is 4. The number of carbonyl (C=O) groups excluding carboxylic acids is 4. The number of benzene rings is 3. The number of likely N-dealkylation sites (tertiary alicyclic amines) is 1. The third kappa shape index (κ3) is 10.3. The van der Waals surface area contributed by atoms with Crippen molar-refractivity contribution in [2.75, 3.05) is 71.4 Å². The van der Waals surface area contributed by atoms with Crippen molar-refractivity contribution in [1.29, 1.82) is 0 Å². The summed E-state index contributed by atoms with van der Waals surface area (Å²) in [6, 6.07) is 16.5. The number of piperazine rings is 1. The number of hydrogen-bond donors (Lipinski definition) is 2. The third-order valence-corrected chi connectivity index (χ3v) is 13.0. The first-order valence-corrected chi connectivity index (χ1v) is 21.7. The number of fused-ring (bicyclic) bond motifs is 3. The van der Waals surface area contributed by atoms with Crippen LogP contribution in [-0.4, -0.2) is 111 Å². The Balaban J connectivity index is 1.00. The van der Waals surface area contributed by atoms with Gasteiger partial charge in [-0.1, -0.05) is 24.3 Å². The molecule has 2 fully saturated rings. The molecule has 3 aromatic carbocycles. The predicted octanol–water partition coefficient (Wildman–Crippen LogP) is 7.34. The van der Waals surface area contributed by atoms with Gasteiger partial charge in [0.2, 0.25) is 0 Å². The van der Waals surface area contributed by atoms with Crippen LogP contribution in [0.5, 0.6) is 0 Å². The number of halogens is 2. The Morgan fingerprint density at radius 3 is 2.11 bits per heavy atom. The van der Waals surface area contributed by atoms with Crippen LogP contribution in [0, 0.1) is 11.6 Å². The van der Waals surface area contributed by atoms with Crippen LogP contribution in [0.2, 0.25) is 0 Å². The molecule has 0 spiro atoms. The minimum atomic E-state index is -0.784. The number of carbonyl (C=O) groups is 4. The van der Waals surface area contributed by atoms with E-state index in [2.05, 4.69) is 15.5 Å². The molecule has 15 heteroatoms. The van der Waals surface area contributed by atoms with Gasteiger partial charge in [-0.15, -0.1) is 11.3 Å². The standard InChI is InChI=1S/C46H53F2N5O7S/c1-58-21-19-52(20-22-59-2)46(57)53-34-16-17-35(53)28-51(27-34)26-30-7-6-8-32(23-30)42(54)50-44-41(37-9-4-5-10-40(37)61-44)43(55)49-33-24-38(47)36(39(48)25-33)18-13-29-11-14-31(15-12-29)45(56)60-3/h6-8,11-12,14-15,23-25,34-35H,4-5,9-10,13,16-22,26-28H2,1-3H3,(H,49,55)(H,50,54). The van der Waals surface area contributed by atoms with E-state index in [4.69, 9.17) is 14.2 Å². The summed E-state index contributed by atoms with van der Waals surface area (Å²) < 4.78 is 46.0. The number of rotatable bonds is 16. The second-order valence-corrected chi connectivity index (χ2v) is 17.0. The normalized spacial score (nSPS) is 17.2. The molecule has 2 unspecified atom stereocenters. The van der Waals surface area contributed by atoms with Gasteiger partial charge in [0, 0.05) is 80.7 Å². The number of anilines is 2. The van der Waals surface area contributed by atoms with Crippen LogP contribution in [0.25, 0.3) is 0 Å². The number of thiophene rings is 1. The first-order valence-electron chi connectivity index (χ1n) is 20.9. The lowest BCUT2D eigenvalue weighted by Crippen LogP contribution is -2.59. The minimum Gasteiger partial charge on any atom is -0.465 e. The van der Waals surface area contributed by atoms with Crippen LogP contribution >= 0.6 is 11.3 Å². The van der Waals surface area contributed by atoms with Gasteiger partial charge in [0.25, 0.3) is 11.8 Å². The van der Waals surface area contributed by atoms with Gasteiger partial charge in [-0.2, -0.15) is 0 Å². The highest BCUT2D eigenvalue weighted by atomic mass is 32.1. The van der Waals surface area contributed by atoms with Crippen molar-refractivity contribution in [2.24, 2.45) is 0 Å². The zero-order valence-corrected chi connectivity index (χ0v) is 35.7. The van der Waals surface area contributed by atoms with Crippen molar-refractivity contribution < 1.29 is 42.2 Å². The third-order valence-electron chi connectivity index (χ3n) is 11.8. The highest BCUT2D eigenvalue weighted by Crippen LogP contribution is 2.39. The number of aryl methyl sites for hydroxylation is 2. The van der Waals surface area contributed by atoms with E-state index in [0.717, 1.165) is 78.9 Å². The maximum Gasteiger partial charge on any atom is 0.337 e. The summed E-state index contributed by atoms with van der Waals surface area (Å²) in [7, 11) is 4.55. The maximum atomic E-state index is 15.4. The molecule has 3 aliphatic rings. The summed E-state index contributed by atoms with van der Waals surface area (Å²) in [4.78, 5) is 60.4. The van der Waals surface area contributed by atoms with Gasteiger partial charge in [-0.05, 0) is 104 Å². The van der Waals surface area contributed by atoms with Crippen LogP contribution in [0.15, 0.2) is 60.7 Å². The lowest BCUT2D eigenvalue weighted by atomic mass is 9.95. The Morgan fingerprint density at radius 1 is 0.787 bits per heavy atom. The molecule has 0 saturated carbocycles. The summed E-state index contributed by atoms with van der Waals surface area (Å²) in [6.07, 6.45) is 5.54. The second kappa shape index (κ2) is 20.1. The molecule has 3 heterocycles. The maximum absolute atomic E-state index is 15.4. The Labute approximate surface area is 359 Å². The van der Waals surface area contributed by atoms with E-state index in [-0.39, 0.29) is 41.7 Å². The highest BCUT2D eigenvalue weighted by Gasteiger charge is 2.44. The Hall–Kier alpha value is -5.22. The fraction of sp³-hybridized carbons (Fsp3) is 0.435. The molecule has 324 valence electrons. The van der Waals surface area contributed by atoms with Gasteiger partial charge in [0.05, 0.1) is 31.5 Å². The molecule has 4 amide bonds. The van der Waals surface area contributed by atoms with Crippen LogP contribution in [0.1, 0.15) is 83.9 Å². The molecular formula is C46H53F2N5O7S. The monoisotopic (exact) mass is 857 g/mol. The first kappa shape index (κ1) is 43.9. The SMILES string of the molecule is COCCN(CCOC)C(=O)N1C2CCC1CN(Cc1cccc(C(=O)Nc3sc4c(c3C(=O)Nc3cc(F)c(CCc5ccc(C(=O)OC)cc5)c(F)c3)CCCC4)c1)C2. The van der Waals surface area contributed by atoms with Crippen LogP contribution in [-0.2, 0) is 46.4 Å². The molecule has 61 heavy (non-hydrogen) atoms. The summed E-state index contributed by atoms with van der Waals surface area (Å²) >= 11 is 1.37. The van der Waals surface area contributed by atoms with Crippen molar-refractivity contribution in [3.8, 4) is 0 Å². The topological polar surface area (TPSA) is 130 Å². The number of urea groups is 1. The molecule has 2 N–H and O–H groups in total. The summed E-state index contributed by atoms with van der Waals surface area (Å²) in [5.41, 5.74) is 3.60. The number of nitrogens with one attached hydrogen (secondary N) is 2. The number of hydrogen-bond acceptors (Lipinski definition) is 9. The number of nitrogens with zero attached hydrogens (tertiary/aromatic N) is 3. The molecule has 2 atom stereocenters. The quantitative estimate of drug-likeness (QED) is 0.112. The zero-order valence-electron chi connectivity index (χ0n) is 34.9. The van der Waals surface area contributed by atoms with Gasteiger partial charge < -0.3 is 34.6 Å². The molecule has 7 rings (SSSR count). The average Bonchev–Trinajstić information content (AvgIpc) is 3.76. The molecule has 1 aliphatic carbocycles. The largest absolute Gasteiger partial charge is 0.465 e. The smallest absolute Gasteiger partial charge is 0.337 e. The molecular weight excluding hydrogens is 805 g/mol. The molecule has 12 nitrogen and oxygen atoms in total. The second-order valence-electron chi connectivity index (χ2n) is 15.9. The van der Waals surface area contributed by atoms with Crippen molar-refractivity contribution >= 4 is 45.8 Å². The van der Waals surface area contributed by atoms with Crippen LogP contribution < -0.4 is 10.6 Å². The van der Waals surface area contributed by atoms with Gasteiger partial charge in [-0.25, -0.2) is 18.4 Å². The fourth-order valence-corrected chi connectivity index (χ4v) is 10.0. The van der Waals surface area contributed by atoms with Crippen molar-refractivity contribution in [3.05, 3.63) is 116 Å².